The van der Waals surface area contributed by atoms with Crippen molar-refractivity contribution in [2.24, 2.45) is 5.73 Å². The molecule has 100 valence electrons. The second-order valence-electron chi connectivity index (χ2n) is 4.61. The fourth-order valence-electron chi connectivity index (χ4n) is 2.20. The monoisotopic (exact) mass is 259 g/mol. The Kier molecular flexibility index (Phi) is 3.86. The van der Waals surface area contributed by atoms with Gasteiger partial charge in [-0.05, 0) is 26.0 Å². The summed E-state index contributed by atoms with van der Waals surface area (Å²) in [6.45, 7) is 4.25. The van der Waals surface area contributed by atoms with Crippen molar-refractivity contribution < 1.29 is 9.13 Å². The minimum atomic E-state index is -0.933. The first-order chi connectivity index (χ1) is 9.07. The van der Waals surface area contributed by atoms with E-state index in [1.165, 1.54) is 6.07 Å². The van der Waals surface area contributed by atoms with Gasteiger partial charge in [0.05, 0.1) is 12.1 Å². The van der Waals surface area contributed by atoms with Crippen LogP contribution in [0.2, 0.25) is 0 Å². The molecule has 1 atom stereocenters. The molecular formula is C16H18FNO. The molecule has 19 heavy (non-hydrogen) atoms. The molecule has 0 bridgehead atoms. The van der Waals surface area contributed by atoms with E-state index in [2.05, 4.69) is 0 Å². The van der Waals surface area contributed by atoms with Gasteiger partial charge in [-0.1, -0.05) is 36.4 Å². The SMILES string of the molecule is CCOc1ccccc1C(C)(N)c1ccccc1F. The van der Waals surface area contributed by atoms with Crippen molar-refractivity contribution in [3.63, 3.8) is 0 Å². The molecular weight excluding hydrogens is 241 g/mol. The summed E-state index contributed by atoms with van der Waals surface area (Å²) in [7, 11) is 0. The number of hydrogen-bond donors (Lipinski definition) is 1. The molecule has 2 N–H and O–H groups in total. The average Bonchev–Trinajstić information content (AvgIpc) is 2.40. The highest BCUT2D eigenvalue weighted by Gasteiger charge is 2.29. The minimum absolute atomic E-state index is 0.307. The Balaban J connectivity index is 2.53. The third-order valence-corrected chi connectivity index (χ3v) is 3.18. The Bertz CT molecular complexity index is 566. The first-order valence-electron chi connectivity index (χ1n) is 6.33. The summed E-state index contributed by atoms with van der Waals surface area (Å²) in [6, 6.07) is 14.1. The van der Waals surface area contributed by atoms with Gasteiger partial charge in [0.2, 0.25) is 0 Å². The molecule has 0 aromatic heterocycles. The van der Waals surface area contributed by atoms with E-state index in [1.54, 1.807) is 25.1 Å². The molecule has 0 fully saturated rings. The number of para-hydroxylation sites is 1. The van der Waals surface area contributed by atoms with E-state index in [-0.39, 0.29) is 5.82 Å². The van der Waals surface area contributed by atoms with Gasteiger partial charge in [-0.3, -0.25) is 0 Å². The molecule has 0 saturated carbocycles. The third-order valence-electron chi connectivity index (χ3n) is 3.18. The van der Waals surface area contributed by atoms with E-state index in [0.29, 0.717) is 17.9 Å². The van der Waals surface area contributed by atoms with E-state index in [1.807, 2.05) is 31.2 Å². The smallest absolute Gasteiger partial charge is 0.128 e. The third kappa shape index (κ3) is 2.61. The normalized spacial score (nSPS) is 13.9. The van der Waals surface area contributed by atoms with Gasteiger partial charge in [-0.25, -0.2) is 4.39 Å². The first-order valence-corrected chi connectivity index (χ1v) is 6.33. The van der Waals surface area contributed by atoms with Crippen molar-refractivity contribution in [2.45, 2.75) is 19.4 Å². The van der Waals surface area contributed by atoms with Gasteiger partial charge >= 0.3 is 0 Å². The number of benzene rings is 2. The summed E-state index contributed by atoms with van der Waals surface area (Å²) in [5.41, 5.74) is 6.68. The van der Waals surface area contributed by atoms with Crippen LogP contribution in [0.4, 0.5) is 4.39 Å². The van der Waals surface area contributed by atoms with Crippen LogP contribution in [-0.4, -0.2) is 6.61 Å². The van der Waals surface area contributed by atoms with Crippen molar-refractivity contribution in [3.8, 4) is 5.75 Å². The molecule has 0 heterocycles. The lowest BCUT2D eigenvalue weighted by Gasteiger charge is -2.28. The van der Waals surface area contributed by atoms with Crippen LogP contribution in [0.3, 0.4) is 0 Å². The summed E-state index contributed by atoms with van der Waals surface area (Å²) < 4.78 is 19.5. The van der Waals surface area contributed by atoms with Gasteiger partial charge in [0.1, 0.15) is 11.6 Å². The van der Waals surface area contributed by atoms with Gasteiger partial charge in [-0.2, -0.15) is 0 Å². The number of halogens is 1. The highest BCUT2D eigenvalue weighted by Crippen LogP contribution is 2.34. The van der Waals surface area contributed by atoms with Gasteiger partial charge < -0.3 is 10.5 Å². The molecule has 2 nitrogen and oxygen atoms in total. The summed E-state index contributed by atoms with van der Waals surface area (Å²) >= 11 is 0. The number of ether oxygens (including phenoxy) is 1. The molecule has 0 radical (unpaired) electrons. The van der Waals surface area contributed by atoms with Crippen LogP contribution in [-0.2, 0) is 5.54 Å². The predicted octanol–water partition coefficient (Wildman–Crippen LogP) is 3.45. The average molecular weight is 259 g/mol. The van der Waals surface area contributed by atoms with E-state index < -0.39 is 5.54 Å². The van der Waals surface area contributed by atoms with Crippen LogP contribution >= 0.6 is 0 Å². The summed E-state index contributed by atoms with van der Waals surface area (Å²) in [6.07, 6.45) is 0. The van der Waals surface area contributed by atoms with Crippen molar-refractivity contribution >= 4 is 0 Å². The molecule has 0 aliphatic carbocycles. The van der Waals surface area contributed by atoms with Gasteiger partial charge in [0.25, 0.3) is 0 Å². The van der Waals surface area contributed by atoms with Crippen molar-refractivity contribution in [2.75, 3.05) is 6.61 Å². The zero-order valence-corrected chi connectivity index (χ0v) is 11.2. The van der Waals surface area contributed by atoms with E-state index in [9.17, 15) is 4.39 Å². The molecule has 2 aromatic rings. The lowest BCUT2D eigenvalue weighted by Crippen LogP contribution is -2.35. The fourth-order valence-corrected chi connectivity index (χ4v) is 2.20. The Morgan fingerprint density at radius 1 is 1.05 bits per heavy atom. The Hall–Kier alpha value is -1.87. The minimum Gasteiger partial charge on any atom is -0.494 e. The van der Waals surface area contributed by atoms with Crippen LogP contribution in [0, 0.1) is 5.82 Å². The van der Waals surface area contributed by atoms with Crippen LogP contribution < -0.4 is 10.5 Å². The van der Waals surface area contributed by atoms with E-state index >= 15 is 0 Å². The predicted molar refractivity (Wildman–Crippen MR) is 74.7 cm³/mol. The highest BCUT2D eigenvalue weighted by molar-refractivity contribution is 5.45. The van der Waals surface area contributed by atoms with Crippen LogP contribution in [0.25, 0.3) is 0 Å². The zero-order chi connectivity index (χ0) is 13.9. The lowest BCUT2D eigenvalue weighted by molar-refractivity contribution is 0.330. The summed E-state index contributed by atoms with van der Waals surface area (Å²) in [4.78, 5) is 0. The molecule has 0 aliphatic heterocycles. The first kappa shape index (κ1) is 13.6. The molecule has 2 aromatic carbocycles. The van der Waals surface area contributed by atoms with Crippen molar-refractivity contribution in [1.82, 2.24) is 0 Å². The van der Waals surface area contributed by atoms with Crippen molar-refractivity contribution in [3.05, 3.63) is 65.5 Å². The maximum atomic E-state index is 14.0. The molecule has 2 rings (SSSR count). The Morgan fingerprint density at radius 2 is 1.63 bits per heavy atom. The van der Waals surface area contributed by atoms with Gasteiger partial charge in [-0.15, -0.1) is 0 Å². The number of rotatable bonds is 4. The van der Waals surface area contributed by atoms with Crippen LogP contribution in [0.5, 0.6) is 5.75 Å². The Morgan fingerprint density at radius 3 is 2.26 bits per heavy atom. The molecule has 0 spiro atoms. The zero-order valence-electron chi connectivity index (χ0n) is 11.2. The quantitative estimate of drug-likeness (QED) is 0.912. The maximum Gasteiger partial charge on any atom is 0.128 e. The highest BCUT2D eigenvalue weighted by atomic mass is 19.1. The van der Waals surface area contributed by atoms with E-state index in [0.717, 1.165) is 5.56 Å². The molecule has 0 aliphatic rings. The van der Waals surface area contributed by atoms with Crippen LogP contribution in [0.1, 0.15) is 25.0 Å². The molecule has 3 heteroatoms. The number of nitrogens with two attached hydrogens (primary N) is 1. The number of hydrogen-bond acceptors (Lipinski definition) is 2. The summed E-state index contributed by atoms with van der Waals surface area (Å²) in [5, 5.41) is 0. The Labute approximate surface area is 113 Å². The largest absolute Gasteiger partial charge is 0.494 e. The maximum absolute atomic E-state index is 14.0. The van der Waals surface area contributed by atoms with Gasteiger partial charge in [0.15, 0.2) is 0 Å². The van der Waals surface area contributed by atoms with Gasteiger partial charge in [0, 0.05) is 11.1 Å². The second-order valence-corrected chi connectivity index (χ2v) is 4.61. The van der Waals surface area contributed by atoms with E-state index in [4.69, 9.17) is 10.5 Å². The molecule has 0 amide bonds. The van der Waals surface area contributed by atoms with Crippen LogP contribution in [0.15, 0.2) is 48.5 Å². The molecule has 0 saturated heterocycles. The second kappa shape index (κ2) is 5.41. The standard InChI is InChI=1S/C16H18FNO/c1-3-19-15-11-7-5-9-13(15)16(2,18)12-8-4-6-10-14(12)17/h4-11H,3,18H2,1-2H3. The lowest BCUT2D eigenvalue weighted by atomic mass is 9.85. The molecule has 1 unspecified atom stereocenters. The van der Waals surface area contributed by atoms with Crippen molar-refractivity contribution in [1.29, 1.82) is 0 Å². The summed E-state index contributed by atoms with van der Waals surface area (Å²) in [5.74, 6) is 0.386. The topological polar surface area (TPSA) is 35.2 Å². The fraction of sp³-hybridized carbons (Fsp3) is 0.250.